The summed E-state index contributed by atoms with van der Waals surface area (Å²) >= 11 is 10.9. The topological polar surface area (TPSA) is 95.0 Å². The number of nitriles is 1. The summed E-state index contributed by atoms with van der Waals surface area (Å²) in [5, 5.41) is 12.3. The molecule has 3 aromatic rings. The first-order chi connectivity index (χ1) is 13.5. The third-order valence-electron chi connectivity index (χ3n) is 3.69. The van der Waals surface area contributed by atoms with Crippen LogP contribution >= 0.6 is 39.3 Å². The molecule has 6 nitrogen and oxygen atoms in total. The molecule has 0 spiro atoms. The van der Waals surface area contributed by atoms with Crippen molar-refractivity contribution in [1.82, 2.24) is 4.98 Å². The van der Waals surface area contributed by atoms with Crippen molar-refractivity contribution in [3.05, 3.63) is 57.7 Å². The van der Waals surface area contributed by atoms with Crippen molar-refractivity contribution in [1.29, 1.82) is 5.26 Å². The predicted molar refractivity (Wildman–Crippen MR) is 113 cm³/mol. The fourth-order valence-electron chi connectivity index (χ4n) is 2.47. The Morgan fingerprint density at radius 2 is 2.07 bits per heavy atom. The Hall–Kier alpha value is -2.47. The Morgan fingerprint density at radius 3 is 2.86 bits per heavy atom. The molecule has 0 fully saturated rings. The highest BCUT2D eigenvalue weighted by atomic mass is 79.9. The summed E-state index contributed by atoms with van der Waals surface area (Å²) in [4.78, 5) is 28.1. The standard InChI is InChI=1S/C19H13BrClN3O3S/c20-11-5-6-13-12(9-11)17(21)18(24-13)19(26)27-10-16(25)23-14-3-1-2-4-15(14)28-8-7-22/h1-6,9,24H,8,10H2,(H,23,25). The number of carbonyl (C=O) groups is 2. The van der Waals surface area contributed by atoms with Gasteiger partial charge in [0.05, 0.1) is 22.5 Å². The van der Waals surface area contributed by atoms with Crippen LogP contribution in [0.25, 0.3) is 10.9 Å². The van der Waals surface area contributed by atoms with Gasteiger partial charge in [-0.3, -0.25) is 4.79 Å². The lowest BCUT2D eigenvalue weighted by Gasteiger charge is -2.10. The van der Waals surface area contributed by atoms with Gasteiger partial charge in [0.1, 0.15) is 5.69 Å². The molecule has 0 saturated carbocycles. The summed E-state index contributed by atoms with van der Waals surface area (Å²) in [5.41, 5.74) is 1.33. The van der Waals surface area contributed by atoms with E-state index in [1.807, 2.05) is 18.2 Å². The highest BCUT2D eigenvalue weighted by Gasteiger charge is 2.19. The van der Waals surface area contributed by atoms with E-state index >= 15 is 0 Å². The van der Waals surface area contributed by atoms with Crippen LogP contribution in [0.5, 0.6) is 0 Å². The van der Waals surface area contributed by atoms with Crippen LogP contribution in [0.4, 0.5) is 5.69 Å². The molecule has 0 atom stereocenters. The number of halogens is 2. The van der Waals surface area contributed by atoms with Gasteiger partial charge in [0.15, 0.2) is 6.61 Å². The Labute approximate surface area is 178 Å². The van der Waals surface area contributed by atoms with Gasteiger partial charge < -0.3 is 15.0 Å². The molecule has 2 aromatic carbocycles. The second kappa shape index (κ2) is 9.15. The van der Waals surface area contributed by atoms with Gasteiger partial charge in [-0.05, 0) is 30.3 Å². The third-order valence-corrected chi connectivity index (χ3v) is 5.52. The molecule has 0 aliphatic heterocycles. The lowest BCUT2D eigenvalue weighted by molar-refractivity contribution is -0.119. The number of ether oxygens (including phenoxy) is 1. The van der Waals surface area contributed by atoms with Gasteiger partial charge in [0.2, 0.25) is 0 Å². The average molecular weight is 479 g/mol. The highest BCUT2D eigenvalue weighted by Crippen LogP contribution is 2.30. The Balaban J connectivity index is 1.65. The molecular formula is C19H13BrClN3O3S. The first kappa shape index (κ1) is 20.3. The number of anilines is 1. The lowest BCUT2D eigenvalue weighted by Crippen LogP contribution is -2.21. The molecule has 9 heteroatoms. The molecule has 0 radical (unpaired) electrons. The van der Waals surface area contributed by atoms with E-state index in [4.69, 9.17) is 21.6 Å². The van der Waals surface area contributed by atoms with E-state index in [-0.39, 0.29) is 16.5 Å². The fraction of sp³-hybridized carbons (Fsp3) is 0.105. The Bertz CT molecular complexity index is 1090. The Kier molecular flexibility index (Phi) is 6.62. The zero-order valence-electron chi connectivity index (χ0n) is 14.3. The number of H-pyrrole nitrogens is 1. The predicted octanol–water partition coefficient (Wildman–Crippen LogP) is 4.99. The molecule has 28 heavy (non-hydrogen) atoms. The summed E-state index contributed by atoms with van der Waals surface area (Å²) in [6.45, 7) is -0.467. The number of rotatable bonds is 6. The van der Waals surface area contributed by atoms with E-state index < -0.39 is 18.5 Å². The molecule has 0 aliphatic carbocycles. The van der Waals surface area contributed by atoms with Crippen LogP contribution in [-0.2, 0) is 9.53 Å². The van der Waals surface area contributed by atoms with Gasteiger partial charge in [0.25, 0.3) is 5.91 Å². The summed E-state index contributed by atoms with van der Waals surface area (Å²) in [5.74, 6) is -0.954. The van der Waals surface area contributed by atoms with Crippen molar-refractivity contribution in [3.63, 3.8) is 0 Å². The minimum atomic E-state index is -0.723. The number of benzene rings is 2. The number of hydrogen-bond acceptors (Lipinski definition) is 5. The maximum Gasteiger partial charge on any atom is 0.356 e. The minimum absolute atomic E-state index is 0.0903. The number of nitrogens with one attached hydrogen (secondary N) is 2. The number of thioether (sulfide) groups is 1. The second-order valence-electron chi connectivity index (χ2n) is 5.57. The molecule has 1 amide bonds. The van der Waals surface area contributed by atoms with Crippen molar-refractivity contribution in [3.8, 4) is 6.07 Å². The molecular weight excluding hydrogens is 466 g/mol. The number of nitrogens with zero attached hydrogens (tertiary/aromatic N) is 1. The maximum atomic E-state index is 12.3. The van der Waals surface area contributed by atoms with Crippen LogP contribution in [0.1, 0.15) is 10.5 Å². The van der Waals surface area contributed by atoms with E-state index in [0.717, 1.165) is 9.37 Å². The number of fused-ring (bicyclic) bond motifs is 1. The summed E-state index contributed by atoms with van der Waals surface area (Å²) < 4.78 is 5.91. The van der Waals surface area contributed by atoms with Crippen LogP contribution < -0.4 is 5.32 Å². The lowest BCUT2D eigenvalue weighted by atomic mass is 10.2. The van der Waals surface area contributed by atoms with Gasteiger partial charge in [-0.25, -0.2) is 4.79 Å². The monoisotopic (exact) mass is 477 g/mol. The van der Waals surface area contributed by atoms with Crippen LogP contribution in [-0.4, -0.2) is 29.2 Å². The van der Waals surface area contributed by atoms with E-state index in [9.17, 15) is 9.59 Å². The first-order valence-corrected chi connectivity index (χ1v) is 10.2. The van der Waals surface area contributed by atoms with Gasteiger partial charge in [0, 0.05) is 20.3 Å². The second-order valence-corrected chi connectivity index (χ2v) is 7.88. The molecule has 2 N–H and O–H groups in total. The van der Waals surface area contributed by atoms with Gasteiger partial charge in [-0.15, -0.1) is 11.8 Å². The van der Waals surface area contributed by atoms with E-state index in [2.05, 4.69) is 26.2 Å². The zero-order chi connectivity index (χ0) is 20.1. The molecule has 142 valence electrons. The first-order valence-electron chi connectivity index (χ1n) is 8.02. The van der Waals surface area contributed by atoms with Crippen molar-refractivity contribution in [2.75, 3.05) is 17.7 Å². The minimum Gasteiger partial charge on any atom is -0.451 e. The largest absolute Gasteiger partial charge is 0.451 e. The molecule has 1 heterocycles. The van der Waals surface area contributed by atoms with Crippen molar-refractivity contribution < 1.29 is 14.3 Å². The van der Waals surface area contributed by atoms with Crippen molar-refractivity contribution in [2.24, 2.45) is 0 Å². The number of aromatic amines is 1. The van der Waals surface area contributed by atoms with Crippen LogP contribution in [0.15, 0.2) is 51.8 Å². The van der Waals surface area contributed by atoms with E-state index in [0.29, 0.717) is 16.6 Å². The zero-order valence-corrected chi connectivity index (χ0v) is 17.5. The smallest absolute Gasteiger partial charge is 0.356 e. The normalized spacial score (nSPS) is 10.5. The number of hydrogen-bond donors (Lipinski definition) is 2. The molecule has 0 aliphatic rings. The average Bonchev–Trinajstić information content (AvgIpc) is 3.01. The summed E-state index contributed by atoms with van der Waals surface area (Å²) in [6.07, 6.45) is 0. The van der Waals surface area contributed by atoms with Gasteiger partial charge in [-0.1, -0.05) is 39.7 Å². The third kappa shape index (κ3) is 4.68. The fourth-order valence-corrected chi connectivity index (χ4v) is 3.78. The van der Waals surface area contributed by atoms with Crippen molar-refractivity contribution >= 4 is 67.8 Å². The van der Waals surface area contributed by atoms with Crippen LogP contribution in [0.2, 0.25) is 5.02 Å². The number of esters is 1. The number of carbonyl (C=O) groups excluding carboxylic acids is 2. The summed E-state index contributed by atoms with van der Waals surface area (Å²) in [7, 11) is 0. The number of amides is 1. The summed E-state index contributed by atoms with van der Waals surface area (Å²) in [6, 6.07) is 14.5. The molecule has 0 saturated heterocycles. The molecule has 3 rings (SSSR count). The number of aromatic nitrogens is 1. The van der Waals surface area contributed by atoms with E-state index in [1.54, 1.807) is 30.3 Å². The van der Waals surface area contributed by atoms with Gasteiger partial charge in [-0.2, -0.15) is 5.26 Å². The van der Waals surface area contributed by atoms with E-state index in [1.165, 1.54) is 11.8 Å². The van der Waals surface area contributed by atoms with Crippen LogP contribution in [0.3, 0.4) is 0 Å². The number of para-hydroxylation sites is 1. The SMILES string of the molecule is N#CCSc1ccccc1NC(=O)COC(=O)c1[nH]c2ccc(Br)cc2c1Cl. The molecule has 0 bridgehead atoms. The highest BCUT2D eigenvalue weighted by molar-refractivity contribution is 9.10. The van der Waals surface area contributed by atoms with Crippen LogP contribution in [0, 0.1) is 11.3 Å². The van der Waals surface area contributed by atoms with Crippen molar-refractivity contribution in [2.45, 2.75) is 4.90 Å². The van der Waals surface area contributed by atoms with Gasteiger partial charge >= 0.3 is 5.97 Å². The Morgan fingerprint density at radius 1 is 1.29 bits per heavy atom. The maximum absolute atomic E-state index is 12.3. The quantitative estimate of drug-likeness (QED) is 0.384. The molecule has 0 unspecified atom stereocenters. The molecule has 1 aromatic heterocycles.